The van der Waals surface area contributed by atoms with Crippen molar-refractivity contribution in [2.24, 2.45) is 0 Å². The predicted octanol–water partition coefficient (Wildman–Crippen LogP) is 5.71. The zero-order valence-corrected chi connectivity index (χ0v) is 21.2. The van der Waals surface area contributed by atoms with Crippen LogP contribution < -0.4 is 9.47 Å². The number of methoxy groups -OCH3 is 1. The highest BCUT2D eigenvalue weighted by atomic mass is 32.2. The van der Waals surface area contributed by atoms with Crippen LogP contribution in [0.3, 0.4) is 0 Å². The van der Waals surface area contributed by atoms with Crippen LogP contribution in [0.5, 0.6) is 11.5 Å². The van der Waals surface area contributed by atoms with Gasteiger partial charge in [0.15, 0.2) is 0 Å². The summed E-state index contributed by atoms with van der Waals surface area (Å²) in [5, 5.41) is 0. The number of benzene rings is 3. The largest absolute Gasteiger partial charge is 0.496 e. The molecule has 0 unspecified atom stereocenters. The first-order valence-corrected chi connectivity index (χ1v) is 13.2. The third-order valence-corrected chi connectivity index (χ3v) is 6.28. The highest BCUT2D eigenvalue weighted by molar-refractivity contribution is 7.85. The molecule has 37 heavy (non-hydrogen) atoms. The number of unbranched alkanes of at least 4 members (excludes halogenated alkanes) is 1. The Balaban J connectivity index is 1.88. The predicted molar refractivity (Wildman–Crippen MR) is 146 cm³/mol. The first-order chi connectivity index (χ1) is 17.8. The second-order valence-corrected chi connectivity index (χ2v) is 9.78. The third kappa shape index (κ3) is 8.86. The number of carbonyl (C=O) groups excluding carboxylic acids is 2. The first kappa shape index (κ1) is 27.6. The Morgan fingerprint density at radius 2 is 1.16 bits per heavy atom. The molecule has 0 atom stereocenters. The van der Waals surface area contributed by atoms with E-state index in [1.54, 1.807) is 31.4 Å². The van der Waals surface area contributed by atoms with E-state index in [0.29, 0.717) is 29.0 Å². The number of hydrogen-bond acceptors (Lipinski definition) is 6. The lowest BCUT2D eigenvalue weighted by atomic mass is 10.0. The minimum Gasteiger partial charge on any atom is -0.496 e. The fourth-order valence-corrected chi connectivity index (χ4v) is 4.03. The second-order valence-electron chi connectivity index (χ2n) is 8.21. The summed E-state index contributed by atoms with van der Waals surface area (Å²) in [6, 6.07) is 18.0. The molecule has 0 aliphatic rings. The molecule has 0 spiro atoms. The third-order valence-electron chi connectivity index (χ3n) is 5.47. The number of aldehydes is 2. The molecule has 3 aromatic rings. The quantitative estimate of drug-likeness (QED) is 0.133. The summed E-state index contributed by atoms with van der Waals surface area (Å²) in [5.41, 5.74) is 4.50. The van der Waals surface area contributed by atoms with Gasteiger partial charge >= 0.3 is 0 Å². The van der Waals surface area contributed by atoms with Crippen LogP contribution in [-0.4, -0.2) is 45.0 Å². The maximum Gasteiger partial charge on any atom is 0.264 e. The molecule has 192 valence electrons. The number of ether oxygens (including phenoxy) is 2. The lowest BCUT2D eigenvalue weighted by molar-refractivity contribution is 0.111. The molecule has 0 heterocycles. The summed E-state index contributed by atoms with van der Waals surface area (Å²) in [5.74, 6) is 0.874. The normalized spacial score (nSPS) is 11.6. The maximum atomic E-state index is 11.0. The Bertz CT molecular complexity index is 1370. The minimum atomic E-state index is -4.01. The second kappa shape index (κ2) is 13.3. The molecule has 0 saturated carbocycles. The Morgan fingerprint density at radius 3 is 1.62 bits per heavy atom. The van der Waals surface area contributed by atoms with E-state index in [4.69, 9.17) is 14.0 Å². The topological polar surface area (TPSA) is 107 Å². The van der Waals surface area contributed by atoms with Gasteiger partial charge in [0.25, 0.3) is 10.1 Å². The van der Waals surface area contributed by atoms with Crippen LogP contribution in [0, 0.1) is 0 Å². The highest BCUT2D eigenvalue weighted by Gasteiger charge is 2.10. The van der Waals surface area contributed by atoms with E-state index in [9.17, 15) is 18.0 Å². The van der Waals surface area contributed by atoms with Crippen LogP contribution in [0.2, 0.25) is 0 Å². The summed E-state index contributed by atoms with van der Waals surface area (Å²) in [6.07, 6.45) is 9.83. The van der Waals surface area contributed by atoms with Crippen molar-refractivity contribution in [3.63, 3.8) is 0 Å². The van der Waals surface area contributed by atoms with Crippen molar-refractivity contribution >= 4 is 47.0 Å². The summed E-state index contributed by atoms with van der Waals surface area (Å²) < 4.78 is 42.5. The lowest BCUT2D eigenvalue weighted by Crippen LogP contribution is -2.06. The van der Waals surface area contributed by atoms with Gasteiger partial charge in [-0.05, 0) is 36.1 Å². The van der Waals surface area contributed by atoms with Gasteiger partial charge in [-0.3, -0.25) is 14.1 Å². The Kier molecular flexibility index (Phi) is 9.94. The molecule has 3 rings (SSSR count). The van der Waals surface area contributed by atoms with Gasteiger partial charge in [0.1, 0.15) is 24.1 Å². The summed E-state index contributed by atoms with van der Waals surface area (Å²) in [7, 11) is -2.43. The van der Waals surface area contributed by atoms with Crippen molar-refractivity contribution in [2.45, 2.75) is 12.8 Å². The van der Waals surface area contributed by atoms with E-state index >= 15 is 0 Å². The first-order valence-electron chi connectivity index (χ1n) is 11.6. The molecule has 0 saturated heterocycles. The summed E-state index contributed by atoms with van der Waals surface area (Å²) in [4.78, 5) is 21.8. The Labute approximate surface area is 216 Å². The van der Waals surface area contributed by atoms with Crippen molar-refractivity contribution in [3.8, 4) is 11.5 Å². The van der Waals surface area contributed by atoms with Gasteiger partial charge in [-0.1, -0.05) is 72.8 Å². The monoisotopic (exact) mass is 520 g/mol. The fraction of sp³-hybridized carbons (Fsp3) is 0.172. The van der Waals surface area contributed by atoms with Gasteiger partial charge < -0.3 is 9.47 Å². The molecular formula is C29H28O7S. The van der Waals surface area contributed by atoms with E-state index < -0.39 is 10.1 Å². The van der Waals surface area contributed by atoms with Gasteiger partial charge in [-0.15, -0.1) is 0 Å². The number of hydrogen-bond donors (Lipinski definition) is 1. The molecule has 0 aromatic heterocycles. The zero-order valence-electron chi connectivity index (χ0n) is 20.4. The average Bonchev–Trinajstić information content (AvgIpc) is 2.90. The fourth-order valence-electron chi connectivity index (χ4n) is 3.47. The van der Waals surface area contributed by atoms with Crippen LogP contribution in [0.25, 0.3) is 24.3 Å². The smallest absolute Gasteiger partial charge is 0.264 e. The van der Waals surface area contributed by atoms with Crippen molar-refractivity contribution < 1.29 is 32.0 Å². The van der Waals surface area contributed by atoms with Gasteiger partial charge in [-0.25, -0.2) is 0 Å². The van der Waals surface area contributed by atoms with Crippen molar-refractivity contribution in [1.82, 2.24) is 0 Å². The molecule has 8 heteroatoms. The molecule has 3 aromatic carbocycles. The number of rotatable bonds is 13. The number of carbonyl (C=O) groups is 2. The molecular weight excluding hydrogens is 492 g/mol. The van der Waals surface area contributed by atoms with Crippen molar-refractivity contribution in [1.29, 1.82) is 0 Å². The van der Waals surface area contributed by atoms with Gasteiger partial charge in [0.2, 0.25) is 0 Å². The van der Waals surface area contributed by atoms with Crippen molar-refractivity contribution in [2.75, 3.05) is 19.5 Å². The summed E-state index contributed by atoms with van der Waals surface area (Å²) >= 11 is 0. The maximum absolute atomic E-state index is 11.0. The Morgan fingerprint density at radius 1 is 0.703 bits per heavy atom. The minimum absolute atomic E-state index is 0.257. The van der Waals surface area contributed by atoms with E-state index in [0.717, 1.165) is 34.8 Å². The molecule has 0 fully saturated rings. The van der Waals surface area contributed by atoms with Gasteiger partial charge in [-0.2, -0.15) is 8.42 Å². The van der Waals surface area contributed by atoms with Crippen molar-refractivity contribution in [3.05, 3.63) is 94.0 Å². The van der Waals surface area contributed by atoms with Crippen LogP contribution in [0.15, 0.2) is 60.7 Å². The molecule has 0 aliphatic heterocycles. The van der Waals surface area contributed by atoms with Crippen LogP contribution in [0.4, 0.5) is 0 Å². The molecule has 0 amide bonds. The average molecular weight is 521 g/mol. The molecule has 1 N–H and O–H groups in total. The van der Waals surface area contributed by atoms with E-state index in [-0.39, 0.29) is 18.8 Å². The van der Waals surface area contributed by atoms with Gasteiger partial charge in [0, 0.05) is 22.3 Å². The zero-order chi connectivity index (χ0) is 26.7. The van der Waals surface area contributed by atoms with E-state index in [1.807, 2.05) is 60.7 Å². The van der Waals surface area contributed by atoms with Crippen LogP contribution in [0.1, 0.15) is 55.8 Å². The van der Waals surface area contributed by atoms with E-state index in [2.05, 4.69) is 0 Å². The highest BCUT2D eigenvalue weighted by Crippen LogP contribution is 2.32. The standard InChI is InChI=1S/C29H28O7S/c1-35-28-18-27(15-13-23-6-10-25(21-31)11-7-23)29(36-16-2-3-17-37(32,33)34)19-26(28)14-12-22-4-8-24(20-30)9-5-22/h4-15,18-21H,2-3,16-17H2,1H3,(H,32,33,34)/b14-12+,15-13+. The molecule has 0 radical (unpaired) electrons. The van der Waals surface area contributed by atoms with Crippen LogP contribution >= 0.6 is 0 Å². The lowest BCUT2D eigenvalue weighted by Gasteiger charge is -2.14. The summed E-state index contributed by atoms with van der Waals surface area (Å²) in [6.45, 7) is 0.257. The molecule has 7 nitrogen and oxygen atoms in total. The SMILES string of the molecule is COc1cc(/C=C/c2ccc(C=O)cc2)c(OCCCCS(=O)(=O)O)cc1/C=C/c1ccc(C=O)cc1. The Hall–Kier alpha value is -4.01. The van der Waals surface area contributed by atoms with E-state index in [1.165, 1.54) is 0 Å². The molecule has 0 aliphatic carbocycles. The van der Waals surface area contributed by atoms with Gasteiger partial charge in [0.05, 0.1) is 19.5 Å². The molecule has 0 bridgehead atoms. The van der Waals surface area contributed by atoms with Crippen LogP contribution in [-0.2, 0) is 10.1 Å².